The second kappa shape index (κ2) is 8.47. The van der Waals surface area contributed by atoms with Gasteiger partial charge in [-0.05, 0) is 47.4 Å². The van der Waals surface area contributed by atoms with Crippen LogP contribution >= 0.6 is 11.6 Å². The highest BCUT2D eigenvalue weighted by atomic mass is 35.5. The molecule has 0 fully saturated rings. The molecule has 142 valence electrons. The summed E-state index contributed by atoms with van der Waals surface area (Å²) in [5.41, 5.74) is 2.87. The largest absolute Gasteiger partial charge is 0.280 e. The van der Waals surface area contributed by atoms with Crippen LogP contribution in [0.5, 0.6) is 0 Å². The van der Waals surface area contributed by atoms with Gasteiger partial charge in [-0.15, -0.1) is 0 Å². The first-order valence-corrected chi connectivity index (χ1v) is 10.7. The Bertz CT molecular complexity index is 1110. The summed E-state index contributed by atoms with van der Waals surface area (Å²) >= 11 is 6.38. The summed E-state index contributed by atoms with van der Waals surface area (Å²) in [4.78, 5) is 0.184. The summed E-state index contributed by atoms with van der Waals surface area (Å²) in [6.07, 6.45) is 0.840. The number of nitriles is 1. The van der Waals surface area contributed by atoms with Crippen molar-refractivity contribution in [2.75, 3.05) is 4.72 Å². The molecule has 3 rings (SSSR count). The molecule has 3 aromatic carbocycles. The molecule has 4 nitrogen and oxygen atoms in total. The van der Waals surface area contributed by atoms with Gasteiger partial charge in [-0.3, -0.25) is 4.72 Å². The van der Waals surface area contributed by atoms with Crippen molar-refractivity contribution in [2.45, 2.75) is 24.2 Å². The highest BCUT2D eigenvalue weighted by molar-refractivity contribution is 7.92. The third kappa shape index (κ3) is 4.36. The van der Waals surface area contributed by atoms with Crippen molar-refractivity contribution in [3.05, 3.63) is 94.5 Å². The van der Waals surface area contributed by atoms with E-state index in [1.807, 2.05) is 37.3 Å². The van der Waals surface area contributed by atoms with Gasteiger partial charge in [0, 0.05) is 5.02 Å². The normalized spacial score (nSPS) is 12.2. The van der Waals surface area contributed by atoms with Crippen LogP contribution in [0.2, 0.25) is 5.02 Å². The zero-order valence-corrected chi connectivity index (χ0v) is 16.8. The van der Waals surface area contributed by atoms with Gasteiger partial charge >= 0.3 is 0 Å². The van der Waals surface area contributed by atoms with Gasteiger partial charge in [-0.2, -0.15) is 5.26 Å². The Labute approximate surface area is 170 Å². The number of halogens is 1. The lowest BCUT2D eigenvalue weighted by molar-refractivity contribution is 0.601. The van der Waals surface area contributed by atoms with E-state index in [4.69, 9.17) is 11.6 Å². The highest BCUT2D eigenvalue weighted by Gasteiger charge is 2.19. The topological polar surface area (TPSA) is 70.0 Å². The van der Waals surface area contributed by atoms with Crippen molar-refractivity contribution < 1.29 is 8.42 Å². The van der Waals surface area contributed by atoms with E-state index in [9.17, 15) is 13.7 Å². The second-order valence-corrected chi connectivity index (χ2v) is 8.40. The van der Waals surface area contributed by atoms with E-state index in [0.29, 0.717) is 16.3 Å². The Balaban J connectivity index is 1.86. The predicted molar refractivity (Wildman–Crippen MR) is 112 cm³/mol. The van der Waals surface area contributed by atoms with Crippen LogP contribution in [-0.2, 0) is 16.4 Å². The molecule has 28 heavy (non-hydrogen) atoms. The van der Waals surface area contributed by atoms with Gasteiger partial charge in [0.25, 0.3) is 10.0 Å². The van der Waals surface area contributed by atoms with Crippen LogP contribution in [0.3, 0.4) is 0 Å². The zero-order valence-electron chi connectivity index (χ0n) is 15.3. The van der Waals surface area contributed by atoms with Crippen LogP contribution in [-0.4, -0.2) is 8.42 Å². The lowest BCUT2D eigenvalue weighted by Gasteiger charge is -2.14. The van der Waals surface area contributed by atoms with Crippen LogP contribution in [0.25, 0.3) is 0 Å². The minimum absolute atomic E-state index is 0.184. The number of nitrogens with zero attached hydrogens (tertiary/aromatic N) is 1. The fraction of sp³-hybridized carbons (Fsp3) is 0.136. The standard InChI is InChI=1S/C22H19ClN2O2S/c1-2-16-8-11-19(12-9-16)28(26,27)25-18-10-13-20(22(23)14-18)21(15-24)17-6-4-3-5-7-17/h3-14,21,25H,2H2,1H3/t21-/m0/s1. The van der Waals surface area contributed by atoms with Gasteiger partial charge in [-0.1, -0.05) is 67.1 Å². The van der Waals surface area contributed by atoms with Crippen LogP contribution in [0.4, 0.5) is 5.69 Å². The Morgan fingerprint density at radius 2 is 1.71 bits per heavy atom. The van der Waals surface area contributed by atoms with E-state index in [1.165, 1.54) is 6.07 Å². The maximum atomic E-state index is 12.6. The van der Waals surface area contributed by atoms with Crippen molar-refractivity contribution >= 4 is 27.3 Å². The Morgan fingerprint density at radius 3 is 2.29 bits per heavy atom. The van der Waals surface area contributed by atoms with Crippen molar-refractivity contribution in [2.24, 2.45) is 0 Å². The third-order valence-corrected chi connectivity index (χ3v) is 6.19. The number of benzene rings is 3. The van der Waals surface area contributed by atoms with Gasteiger partial charge in [0.05, 0.1) is 22.6 Å². The first kappa shape index (κ1) is 19.9. The molecule has 0 radical (unpaired) electrons. The minimum Gasteiger partial charge on any atom is -0.280 e. The number of hydrogen-bond donors (Lipinski definition) is 1. The molecule has 0 bridgehead atoms. The fourth-order valence-corrected chi connectivity index (χ4v) is 4.25. The summed E-state index contributed by atoms with van der Waals surface area (Å²) < 4.78 is 27.7. The van der Waals surface area contributed by atoms with E-state index >= 15 is 0 Å². The van der Waals surface area contributed by atoms with Crippen molar-refractivity contribution in [3.8, 4) is 6.07 Å². The summed E-state index contributed by atoms with van der Waals surface area (Å²) in [6.45, 7) is 2.01. The smallest absolute Gasteiger partial charge is 0.261 e. The van der Waals surface area contributed by atoms with E-state index in [-0.39, 0.29) is 4.90 Å². The van der Waals surface area contributed by atoms with Crippen LogP contribution < -0.4 is 4.72 Å². The average Bonchev–Trinajstić information content (AvgIpc) is 2.70. The van der Waals surface area contributed by atoms with Crippen molar-refractivity contribution in [1.29, 1.82) is 5.26 Å². The molecule has 3 aromatic rings. The average molecular weight is 411 g/mol. The molecule has 0 aliphatic carbocycles. The summed E-state index contributed by atoms with van der Waals surface area (Å²) in [5.74, 6) is -0.527. The molecule has 1 N–H and O–H groups in total. The molecular formula is C22H19ClN2O2S. The molecule has 0 saturated carbocycles. The fourth-order valence-electron chi connectivity index (χ4n) is 2.91. The highest BCUT2D eigenvalue weighted by Crippen LogP contribution is 2.32. The SMILES string of the molecule is CCc1ccc(S(=O)(=O)Nc2ccc([C@@H](C#N)c3ccccc3)c(Cl)c2)cc1. The van der Waals surface area contributed by atoms with Crippen molar-refractivity contribution in [3.63, 3.8) is 0 Å². The molecule has 0 spiro atoms. The number of hydrogen-bond acceptors (Lipinski definition) is 3. The van der Waals surface area contributed by atoms with E-state index < -0.39 is 15.9 Å². The molecule has 0 amide bonds. The third-order valence-electron chi connectivity index (χ3n) is 4.47. The molecule has 0 aliphatic rings. The van der Waals surface area contributed by atoms with Crippen LogP contribution in [0.1, 0.15) is 29.5 Å². The zero-order chi connectivity index (χ0) is 20.1. The van der Waals surface area contributed by atoms with E-state index in [1.54, 1.807) is 36.4 Å². The lowest BCUT2D eigenvalue weighted by atomic mass is 9.92. The summed E-state index contributed by atoms with van der Waals surface area (Å²) in [6, 6.07) is 23.2. The molecule has 0 aromatic heterocycles. The van der Waals surface area contributed by atoms with Crippen LogP contribution in [0, 0.1) is 11.3 Å². The minimum atomic E-state index is -3.72. The Morgan fingerprint density at radius 1 is 1.04 bits per heavy atom. The van der Waals surface area contributed by atoms with Gasteiger partial charge in [0.15, 0.2) is 0 Å². The maximum Gasteiger partial charge on any atom is 0.261 e. The monoisotopic (exact) mass is 410 g/mol. The van der Waals surface area contributed by atoms with Crippen molar-refractivity contribution in [1.82, 2.24) is 0 Å². The number of nitrogens with one attached hydrogen (secondary N) is 1. The van der Waals surface area contributed by atoms with E-state index in [0.717, 1.165) is 17.5 Å². The number of sulfonamides is 1. The number of rotatable bonds is 6. The van der Waals surface area contributed by atoms with Gasteiger partial charge in [-0.25, -0.2) is 8.42 Å². The molecule has 0 unspecified atom stereocenters. The number of aryl methyl sites for hydroxylation is 1. The molecular weight excluding hydrogens is 392 g/mol. The molecule has 0 saturated heterocycles. The number of anilines is 1. The van der Waals surface area contributed by atoms with Gasteiger partial charge < -0.3 is 0 Å². The van der Waals surface area contributed by atoms with Gasteiger partial charge in [0.1, 0.15) is 0 Å². The predicted octanol–water partition coefficient (Wildman–Crippen LogP) is 5.36. The maximum absolute atomic E-state index is 12.6. The summed E-state index contributed by atoms with van der Waals surface area (Å²) in [5, 5.41) is 9.91. The Hall–Kier alpha value is -2.81. The summed E-state index contributed by atoms with van der Waals surface area (Å²) in [7, 11) is -3.72. The molecule has 0 heterocycles. The second-order valence-electron chi connectivity index (χ2n) is 6.31. The lowest BCUT2D eigenvalue weighted by Crippen LogP contribution is -2.13. The molecule has 1 atom stereocenters. The first-order valence-electron chi connectivity index (χ1n) is 8.80. The van der Waals surface area contributed by atoms with Gasteiger partial charge in [0.2, 0.25) is 0 Å². The first-order chi connectivity index (χ1) is 13.4. The Kier molecular flexibility index (Phi) is 6.03. The molecule has 0 aliphatic heterocycles. The molecule has 6 heteroatoms. The van der Waals surface area contributed by atoms with E-state index in [2.05, 4.69) is 10.8 Å². The van der Waals surface area contributed by atoms with Crippen LogP contribution in [0.15, 0.2) is 77.7 Å². The quantitative estimate of drug-likeness (QED) is 0.594.